The van der Waals surface area contributed by atoms with Crippen LogP contribution in [-0.4, -0.2) is 21.1 Å². The van der Waals surface area contributed by atoms with E-state index in [1.807, 2.05) is 16.0 Å². The van der Waals surface area contributed by atoms with Crippen LogP contribution in [0.3, 0.4) is 0 Å². The lowest BCUT2D eigenvalue weighted by Crippen LogP contribution is -2.06. The third kappa shape index (κ3) is 1.98. The lowest BCUT2D eigenvalue weighted by atomic mass is 10.2. The minimum absolute atomic E-state index is 0.0503. The Morgan fingerprint density at radius 2 is 2.40 bits per heavy atom. The van der Waals surface area contributed by atoms with Gasteiger partial charge < -0.3 is 9.84 Å². The first kappa shape index (κ1) is 10.4. The smallest absolute Gasteiger partial charge is 0.239 e. The molecule has 4 nitrogen and oxygen atoms in total. The molecule has 0 aliphatic rings. The highest BCUT2D eigenvalue weighted by atomic mass is 32.1. The van der Waals surface area contributed by atoms with Crippen molar-refractivity contribution >= 4 is 16.3 Å². The van der Waals surface area contributed by atoms with Gasteiger partial charge in [-0.05, 0) is 5.92 Å². The summed E-state index contributed by atoms with van der Waals surface area (Å²) in [6.45, 7) is 4.73. The molecule has 0 aliphatic heterocycles. The first-order valence-electron chi connectivity index (χ1n) is 4.90. The molecule has 15 heavy (non-hydrogen) atoms. The highest BCUT2D eigenvalue weighted by Crippen LogP contribution is 2.23. The number of aromatic nitrogens is 2. The Balaban J connectivity index is 2.29. The maximum Gasteiger partial charge on any atom is 0.239 e. The molecule has 0 spiro atoms. The van der Waals surface area contributed by atoms with Gasteiger partial charge in [0.05, 0.1) is 13.2 Å². The molecule has 82 valence electrons. The SMILES string of the molecule is CC(C)COc1nc2sccn2c1CO. The first-order valence-corrected chi connectivity index (χ1v) is 5.78. The van der Waals surface area contributed by atoms with Gasteiger partial charge in [0.25, 0.3) is 0 Å². The maximum absolute atomic E-state index is 9.25. The quantitative estimate of drug-likeness (QED) is 0.866. The van der Waals surface area contributed by atoms with Crippen molar-refractivity contribution in [2.75, 3.05) is 6.61 Å². The Kier molecular flexibility index (Phi) is 2.93. The summed E-state index contributed by atoms with van der Waals surface area (Å²) in [4.78, 5) is 5.17. The molecule has 0 atom stereocenters. The number of nitrogens with zero attached hydrogens (tertiary/aromatic N) is 2. The lowest BCUT2D eigenvalue weighted by molar-refractivity contribution is 0.237. The molecule has 0 radical (unpaired) electrons. The largest absolute Gasteiger partial charge is 0.476 e. The average molecular weight is 226 g/mol. The number of ether oxygens (including phenoxy) is 1. The van der Waals surface area contributed by atoms with Crippen LogP contribution in [0.5, 0.6) is 5.88 Å². The Labute approximate surface area is 92.1 Å². The first-order chi connectivity index (χ1) is 7.22. The number of fused-ring (bicyclic) bond motifs is 1. The highest BCUT2D eigenvalue weighted by Gasteiger charge is 2.13. The predicted octanol–water partition coefficient (Wildman–Crippen LogP) is 1.92. The summed E-state index contributed by atoms with van der Waals surface area (Å²) in [5.74, 6) is 1.01. The molecule has 0 aliphatic carbocycles. The van der Waals surface area contributed by atoms with Gasteiger partial charge in [0, 0.05) is 11.6 Å². The zero-order valence-corrected chi connectivity index (χ0v) is 9.62. The van der Waals surface area contributed by atoms with Crippen LogP contribution < -0.4 is 4.74 Å². The number of imidazole rings is 1. The zero-order valence-electron chi connectivity index (χ0n) is 8.80. The molecule has 5 heteroatoms. The van der Waals surface area contributed by atoms with Crippen LogP contribution in [0.25, 0.3) is 4.96 Å². The molecule has 0 saturated carbocycles. The van der Waals surface area contributed by atoms with E-state index in [-0.39, 0.29) is 6.61 Å². The summed E-state index contributed by atoms with van der Waals surface area (Å²) in [7, 11) is 0. The maximum atomic E-state index is 9.25. The standard InChI is InChI=1S/C10H14N2O2S/c1-7(2)6-14-9-8(5-13)12-3-4-15-10(12)11-9/h3-4,7,13H,5-6H2,1-2H3. The van der Waals surface area contributed by atoms with Crippen LogP contribution in [0, 0.1) is 5.92 Å². The van der Waals surface area contributed by atoms with Crippen molar-refractivity contribution in [3.63, 3.8) is 0 Å². The molecule has 2 aromatic heterocycles. The molecule has 2 aromatic rings. The monoisotopic (exact) mass is 226 g/mol. The summed E-state index contributed by atoms with van der Waals surface area (Å²) in [5.41, 5.74) is 0.729. The van der Waals surface area contributed by atoms with E-state index in [1.54, 1.807) is 0 Å². The van der Waals surface area contributed by atoms with Crippen molar-refractivity contribution in [2.24, 2.45) is 5.92 Å². The van der Waals surface area contributed by atoms with Crippen LogP contribution in [0.2, 0.25) is 0 Å². The number of thiazole rings is 1. The minimum atomic E-state index is -0.0503. The summed E-state index contributed by atoms with van der Waals surface area (Å²) in [6.07, 6.45) is 1.89. The second-order valence-electron chi connectivity index (χ2n) is 3.78. The third-order valence-electron chi connectivity index (χ3n) is 2.03. The fraction of sp³-hybridized carbons (Fsp3) is 0.500. The van der Waals surface area contributed by atoms with Gasteiger partial charge in [-0.3, -0.25) is 4.40 Å². The van der Waals surface area contributed by atoms with Crippen molar-refractivity contribution in [1.82, 2.24) is 9.38 Å². The van der Waals surface area contributed by atoms with E-state index < -0.39 is 0 Å². The highest BCUT2D eigenvalue weighted by molar-refractivity contribution is 7.15. The average Bonchev–Trinajstić information content (AvgIpc) is 2.72. The van der Waals surface area contributed by atoms with Crippen LogP contribution in [0.1, 0.15) is 19.5 Å². The fourth-order valence-electron chi connectivity index (χ4n) is 1.32. The summed E-state index contributed by atoms with van der Waals surface area (Å²) in [6, 6.07) is 0. The number of hydrogen-bond donors (Lipinski definition) is 1. The van der Waals surface area contributed by atoms with E-state index in [0.29, 0.717) is 18.4 Å². The lowest BCUT2D eigenvalue weighted by Gasteiger charge is -2.06. The van der Waals surface area contributed by atoms with E-state index in [0.717, 1.165) is 10.7 Å². The Morgan fingerprint density at radius 3 is 3.07 bits per heavy atom. The van der Waals surface area contributed by atoms with Gasteiger partial charge in [0.2, 0.25) is 5.88 Å². The Morgan fingerprint density at radius 1 is 1.60 bits per heavy atom. The van der Waals surface area contributed by atoms with Crippen LogP contribution >= 0.6 is 11.3 Å². The van der Waals surface area contributed by atoms with Crippen LogP contribution in [0.15, 0.2) is 11.6 Å². The summed E-state index contributed by atoms with van der Waals surface area (Å²) >= 11 is 1.53. The summed E-state index contributed by atoms with van der Waals surface area (Å²) < 4.78 is 7.41. The Bertz CT molecular complexity index is 447. The van der Waals surface area contributed by atoms with E-state index in [1.165, 1.54) is 11.3 Å². The number of hydrogen-bond acceptors (Lipinski definition) is 4. The van der Waals surface area contributed by atoms with Crippen molar-refractivity contribution in [1.29, 1.82) is 0 Å². The van der Waals surface area contributed by atoms with Crippen molar-refractivity contribution in [3.05, 3.63) is 17.3 Å². The van der Waals surface area contributed by atoms with E-state index in [4.69, 9.17) is 4.74 Å². The molecular formula is C10H14N2O2S. The van der Waals surface area contributed by atoms with E-state index in [2.05, 4.69) is 18.8 Å². The zero-order chi connectivity index (χ0) is 10.8. The van der Waals surface area contributed by atoms with E-state index >= 15 is 0 Å². The topological polar surface area (TPSA) is 46.8 Å². The molecule has 0 fully saturated rings. The normalized spacial score (nSPS) is 11.5. The molecule has 2 heterocycles. The van der Waals surface area contributed by atoms with Gasteiger partial charge >= 0.3 is 0 Å². The molecule has 0 unspecified atom stereocenters. The van der Waals surface area contributed by atoms with Crippen molar-refractivity contribution in [2.45, 2.75) is 20.5 Å². The van der Waals surface area contributed by atoms with Crippen LogP contribution in [0.4, 0.5) is 0 Å². The molecule has 0 saturated heterocycles. The van der Waals surface area contributed by atoms with Gasteiger partial charge in [-0.25, -0.2) is 0 Å². The second-order valence-corrected chi connectivity index (χ2v) is 4.66. The van der Waals surface area contributed by atoms with Gasteiger partial charge in [-0.1, -0.05) is 13.8 Å². The van der Waals surface area contributed by atoms with Gasteiger partial charge in [-0.15, -0.1) is 11.3 Å². The van der Waals surface area contributed by atoms with E-state index in [9.17, 15) is 5.11 Å². The van der Waals surface area contributed by atoms with Crippen molar-refractivity contribution in [3.8, 4) is 5.88 Å². The third-order valence-corrected chi connectivity index (χ3v) is 2.78. The van der Waals surface area contributed by atoms with Gasteiger partial charge in [0.15, 0.2) is 4.96 Å². The molecular weight excluding hydrogens is 212 g/mol. The van der Waals surface area contributed by atoms with Crippen LogP contribution in [-0.2, 0) is 6.61 Å². The molecule has 0 bridgehead atoms. The minimum Gasteiger partial charge on any atom is -0.476 e. The van der Waals surface area contributed by atoms with Gasteiger partial charge in [0.1, 0.15) is 5.69 Å². The summed E-state index contributed by atoms with van der Waals surface area (Å²) in [5, 5.41) is 11.2. The fourth-order valence-corrected chi connectivity index (χ4v) is 2.04. The predicted molar refractivity (Wildman–Crippen MR) is 59.3 cm³/mol. The number of aliphatic hydroxyl groups excluding tert-OH is 1. The van der Waals surface area contributed by atoms with Gasteiger partial charge in [-0.2, -0.15) is 4.98 Å². The molecule has 2 rings (SSSR count). The molecule has 1 N–H and O–H groups in total. The molecule has 0 amide bonds. The molecule has 0 aromatic carbocycles. The van der Waals surface area contributed by atoms with Crippen molar-refractivity contribution < 1.29 is 9.84 Å². The second kappa shape index (κ2) is 4.20. The Hall–Kier alpha value is -1.07. The number of aliphatic hydroxyl groups is 1. The number of rotatable bonds is 4.